The van der Waals surface area contributed by atoms with Crippen LogP contribution in [-0.4, -0.2) is 105 Å². The molecule has 1 aromatic heterocycles. The lowest BCUT2D eigenvalue weighted by Crippen LogP contribution is -2.61. The summed E-state index contributed by atoms with van der Waals surface area (Å²) in [6.07, 6.45) is 4.28. The quantitative estimate of drug-likeness (QED) is 0.205. The maximum atomic E-state index is 14.0. The number of para-hydroxylation sites is 1. The van der Waals surface area contributed by atoms with E-state index in [2.05, 4.69) is 31.7 Å². The minimum absolute atomic E-state index is 0.115. The standard InChI is InChI=1S/C38H48N8O7/c1-3-27-34(49)44-32(24(2)47)37(52)43-29(23-25-13-5-4-6-14-25)38(53)45-21-11-18-31(45)36(51)39-19-10-9-16-28(35(50)41-27)42-33(48)26-15-7-8-17-30(26)46-22-12-20-40-46/h4-8,12-15,17,20,22,24,27-29,31-32,47H,3,9-11,16,18-19,21,23H2,1-2H3,(H,39,51)(H,41,50)(H,42,48)(H,43,52)(H,44,49)/t24-,27+,28+,29-,31+,32+/m1/s1. The number of benzene rings is 2. The molecule has 5 rings (SSSR count). The molecule has 2 aliphatic heterocycles. The fourth-order valence-electron chi connectivity index (χ4n) is 6.68. The Morgan fingerprint density at radius 2 is 1.60 bits per heavy atom. The first-order valence-electron chi connectivity index (χ1n) is 18.2. The van der Waals surface area contributed by atoms with E-state index in [9.17, 15) is 33.9 Å². The molecule has 0 saturated carbocycles. The molecule has 6 atom stereocenters. The van der Waals surface area contributed by atoms with Crippen LogP contribution in [0.5, 0.6) is 0 Å². The topological polar surface area (TPSA) is 204 Å². The van der Waals surface area contributed by atoms with Crippen LogP contribution in [0.25, 0.3) is 5.69 Å². The highest BCUT2D eigenvalue weighted by Gasteiger charge is 2.39. The monoisotopic (exact) mass is 728 g/mol. The van der Waals surface area contributed by atoms with Crippen LogP contribution in [0.15, 0.2) is 73.1 Å². The Morgan fingerprint density at radius 1 is 0.868 bits per heavy atom. The summed E-state index contributed by atoms with van der Waals surface area (Å²) >= 11 is 0. The van der Waals surface area contributed by atoms with Gasteiger partial charge in [-0.1, -0.05) is 49.4 Å². The first kappa shape index (κ1) is 38.7. The second-order valence-electron chi connectivity index (χ2n) is 13.4. The van der Waals surface area contributed by atoms with Gasteiger partial charge in [0.15, 0.2) is 0 Å². The van der Waals surface area contributed by atoms with E-state index < -0.39 is 65.8 Å². The summed E-state index contributed by atoms with van der Waals surface area (Å²) in [6, 6.07) is 12.1. The fraction of sp³-hybridized carbons (Fsp3) is 0.447. The molecule has 0 spiro atoms. The van der Waals surface area contributed by atoms with Gasteiger partial charge in [0.1, 0.15) is 30.2 Å². The van der Waals surface area contributed by atoms with Crippen LogP contribution in [-0.2, 0) is 30.4 Å². The summed E-state index contributed by atoms with van der Waals surface area (Å²) in [7, 11) is 0. The van der Waals surface area contributed by atoms with Gasteiger partial charge in [-0.15, -0.1) is 0 Å². The Hall–Kier alpha value is -5.57. The molecule has 2 fully saturated rings. The van der Waals surface area contributed by atoms with Crippen LogP contribution in [0.1, 0.15) is 68.3 Å². The van der Waals surface area contributed by atoms with E-state index >= 15 is 0 Å². The Balaban J connectivity index is 1.40. The highest BCUT2D eigenvalue weighted by molar-refractivity contribution is 6.01. The van der Waals surface area contributed by atoms with Gasteiger partial charge in [0, 0.05) is 31.9 Å². The molecule has 2 saturated heterocycles. The average molecular weight is 729 g/mol. The first-order chi connectivity index (χ1) is 25.6. The SMILES string of the molecule is CC[C@@H]1NC(=O)[C@@H](NC(=O)c2ccccc2-n2cccn2)CCCCNC(=O)[C@@H]2CCCN2C(=O)[C@@H](Cc2ccccc2)NC(=O)[C@H]([C@@H](C)O)NC1=O. The molecular weight excluding hydrogens is 680 g/mol. The highest BCUT2D eigenvalue weighted by atomic mass is 16.3. The van der Waals surface area contributed by atoms with Crippen molar-refractivity contribution in [2.45, 2.75) is 95.1 Å². The van der Waals surface area contributed by atoms with Crippen LogP contribution in [0.2, 0.25) is 0 Å². The Bertz CT molecular complexity index is 1750. The van der Waals surface area contributed by atoms with E-state index in [4.69, 9.17) is 0 Å². The van der Waals surface area contributed by atoms with Crippen molar-refractivity contribution < 1.29 is 33.9 Å². The van der Waals surface area contributed by atoms with Crippen LogP contribution >= 0.6 is 0 Å². The lowest BCUT2D eigenvalue weighted by Gasteiger charge is -2.30. The van der Waals surface area contributed by atoms with E-state index in [1.165, 1.54) is 11.8 Å². The molecule has 0 aliphatic carbocycles. The molecule has 15 heteroatoms. The summed E-state index contributed by atoms with van der Waals surface area (Å²) < 4.78 is 1.54. The van der Waals surface area contributed by atoms with E-state index in [1.54, 1.807) is 54.3 Å². The number of aliphatic hydroxyl groups excluding tert-OH is 1. The largest absolute Gasteiger partial charge is 0.391 e. The average Bonchev–Trinajstić information content (AvgIpc) is 3.88. The van der Waals surface area contributed by atoms with Crippen molar-refractivity contribution in [2.24, 2.45) is 0 Å². The van der Waals surface area contributed by atoms with Gasteiger partial charge >= 0.3 is 0 Å². The summed E-state index contributed by atoms with van der Waals surface area (Å²) in [5.41, 5.74) is 1.55. The number of aliphatic hydroxyl groups is 1. The normalized spacial score (nSPS) is 24.3. The van der Waals surface area contributed by atoms with Gasteiger partial charge in [0.25, 0.3) is 5.91 Å². The van der Waals surface area contributed by atoms with Gasteiger partial charge in [0.05, 0.1) is 17.4 Å². The number of amides is 6. The minimum Gasteiger partial charge on any atom is -0.391 e. The molecule has 3 heterocycles. The number of carbonyl (C=O) groups is 6. The van der Waals surface area contributed by atoms with Crippen molar-refractivity contribution in [2.75, 3.05) is 13.1 Å². The van der Waals surface area contributed by atoms with Crippen molar-refractivity contribution in [1.82, 2.24) is 41.3 Å². The van der Waals surface area contributed by atoms with Crippen molar-refractivity contribution in [3.63, 3.8) is 0 Å². The fourth-order valence-corrected chi connectivity index (χ4v) is 6.68. The van der Waals surface area contributed by atoms with Crippen LogP contribution in [0.3, 0.4) is 0 Å². The summed E-state index contributed by atoms with van der Waals surface area (Å²) in [5.74, 6) is -3.44. The van der Waals surface area contributed by atoms with Gasteiger partial charge in [-0.25, -0.2) is 4.68 Å². The Morgan fingerprint density at radius 3 is 2.32 bits per heavy atom. The Kier molecular flexibility index (Phi) is 13.3. The lowest BCUT2D eigenvalue weighted by molar-refractivity contribution is -0.142. The third-order valence-electron chi connectivity index (χ3n) is 9.58. The van der Waals surface area contributed by atoms with E-state index in [0.717, 1.165) is 5.56 Å². The number of hydrogen-bond donors (Lipinski definition) is 6. The number of aromatic nitrogens is 2. The molecule has 0 bridgehead atoms. The molecule has 0 radical (unpaired) electrons. The Labute approximate surface area is 308 Å². The molecule has 6 amide bonds. The van der Waals surface area contributed by atoms with Gasteiger partial charge in [-0.05, 0) is 69.2 Å². The molecule has 0 unspecified atom stereocenters. The molecule has 15 nitrogen and oxygen atoms in total. The van der Waals surface area contributed by atoms with E-state index in [1.807, 2.05) is 30.3 Å². The number of nitrogens with zero attached hydrogens (tertiary/aromatic N) is 3. The van der Waals surface area contributed by atoms with Crippen molar-refractivity contribution >= 4 is 35.4 Å². The number of hydrogen-bond acceptors (Lipinski definition) is 8. The third kappa shape index (κ3) is 9.86. The van der Waals surface area contributed by atoms with E-state index in [-0.39, 0.29) is 37.3 Å². The number of fused-ring (bicyclic) bond motifs is 1. The number of rotatable bonds is 7. The number of carbonyl (C=O) groups excluding carboxylic acids is 6. The van der Waals surface area contributed by atoms with Crippen molar-refractivity contribution in [3.8, 4) is 5.69 Å². The molecule has 53 heavy (non-hydrogen) atoms. The molecular formula is C38H48N8O7. The van der Waals surface area contributed by atoms with Crippen molar-refractivity contribution in [3.05, 3.63) is 84.2 Å². The third-order valence-corrected chi connectivity index (χ3v) is 9.58. The highest BCUT2D eigenvalue weighted by Crippen LogP contribution is 2.21. The minimum atomic E-state index is -1.48. The van der Waals surface area contributed by atoms with E-state index in [0.29, 0.717) is 37.9 Å². The second kappa shape index (κ2) is 18.3. The predicted octanol–water partition coefficient (Wildman–Crippen LogP) is 0.750. The summed E-state index contributed by atoms with van der Waals surface area (Å²) in [5, 5.41) is 28.6. The van der Waals surface area contributed by atoms with Crippen LogP contribution in [0.4, 0.5) is 0 Å². The van der Waals surface area contributed by atoms with Crippen molar-refractivity contribution in [1.29, 1.82) is 0 Å². The van der Waals surface area contributed by atoms with Crippen LogP contribution < -0.4 is 26.6 Å². The van der Waals surface area contributed by atoms with Gasteiger partial charge in [-0.2, -0.15) is 5.10 Å². The van der Waals surface area contributed by atoms with Crippen LogP contribution in [0, 0.1) is 0 Å². The first-order valence-corrected chi connectivity index (χ1v) is 18.2. The summed E-state index contributed by atoms with van der Waals surface area (Å²) in [6.45, 7) is 3.60. The predicted molar refractivity (Wildman–Crippen MR) is 194 cm³/mol. The molecule has 2 aromatic carbocycles. The zero-order valence-electron chi connectivity index (χ0n) is 30.0. The smallest absolute Gasteiger partial charge is 0.254 e. The zero-order valence-corrected chi connectivity index (χ0v) is 30.0. The molecule has 3 aromatic rings. The summed E-state index contributed by atoms with van der Waals surface area (Å²) in [4.78, 5) is 83.7. The molecule has 2 aliphatic rings. The zero-order chi connectivity index (χ0) is 37.9. The second-order valence-corrected chi connectivity index (χ2v) is 13.4. The number of nitrogens with one attached hydrogen (secondary N) is 5. The van der Waals surface area contributed by atoms with Gasteiger partial charge in [0.2, 0.25) is 29.5 Å². The maximum absolute atomic E-state index is 14.0. The molecule has 282 valence electrons. The maximum Gasteiger partial charge on any atom is 0.254 e. The molecule has 6 N–H and O–H groups in total. The van der Waals surface area contributed by atoms with Gasteiger partial charge < -0.3 is 36.6 Å². The lowest BCUT2D eigenvalue weighted by atomic mass is 10.0. The van der Waals surface area contributed by atoms with Gasteiger partial charge in [-0.3, -0.25) is 28.8 Å².